The molecule has 3 aromatic rings. The summed E-state index contributed by atoms with van der Waals surface area (Å²) in [5.74, 6) is 5.70. The number of fused-ring (bicyclic) bond motifs is 1. The number of nitrogens with zero attached hydrogens (tertiary/aromatic N) is 3. The third kappa shape index (κ3) is 2.33. The number of aromatic nitrogens is 3. The van der Waals surface area contributed by atoms with Gasteiger partial charge in [0.2, 0.25) is 0 Å². The maximum Gasteiger partial charge on any atom is 0.0710 e. The molecule has 3 N–H and O–H groups in total. The number of nitrogens with one attached hydrogen (secondary N) is 1. The van der Waals surface area contributed by atoms with E-state index in [1.165, 1.54) is 0 Å². The van der Waals surface area contributed by atoms with Crippen LogP contribution in [0.15, 0.2) is 55.1 Å². The Hall–Kier alpha value is -2.24. The molecule has 0 aliphatic carbocycles. The van der Waals surface area contributed by atoms with Crippen LogP contribution >= 0.6 is 0 Å². The van der Waals surface area contributed by atoms with E-state index in [1.54, 1.807) is 6.20 Å². The Morgan fingerprint density at radius 3 is 2.95 bits per heavy atom. The van der Waals surface area contributed by atoms with Crippen LogP contribution in [0.3, 0.4) is 0 Å². The van der Waals surface area contributed by atoms with Crippen molar-refractivity contribution in [3.63, 3.8) is 0 Å². The van der Waals surface area contributed by atoms with Crippen LogP contribution < -0.4 is 11.3 Å². The lowest BCUT2D eigenvalue weighted by atomic mass is 10.0. The molecule has 0 saturated heterocycles. The van der Waals surface area contributed by atoms with Crippen molar-refractivity contribution in [3.8, 4) is 0 Å². The zero-order chi connectivity index (χ0) is 13.1. The lowest BCUT2D eigenvalue weighted by molar-refractivity contribution is 0.554. The predicted octanol–water partition coefficient (Wildman–Crippen LogP) is 1.48. The molecule has 0 radical (unpaired) electrons. The highest BCUT2D eigenvalue weighted by Gasteiger charge is 2.15. The molecule has 3 aromatic heterocycles. The van der Waals surface area contributed by atoms with Crippen LogP contribution in [0.4, 0.5) is 0 Å². The van der Waals surface area contributed by atoms with Gasteiger partial charge < -0.3 is 0 Å². The molecule has 5 nitrogen and oxygen atoms in total. The Balaban J connectivity index is 1.94. The van der Waals surface area contributed by atoms with Crippen LogP contribution in [-0.4, -0.2) is 14.6 Å². The molecule has 96 valence electrons. The van der Waals surface area contributed by atoms with Crippen molar-refractivity contribution in [2.24, 2.45) is 5.84 Å². The summed E-state index contributed by atoms with van der Waals surface area (Å²) in [5, 5.41) is 4.33. The number of rotatable bonds is 4. The van der Waals surface area contributed by atoms with Crippen LogP contribution in [0.5, 0.6) is 0 Å². The molecule has 3 heterocycles. The van der Waals surface area contributed by atoms with Crippen molar-refractivity contribution in [2.45, 2.75) is 12.5 Å². The minimum atomic E-state index is 0.0177. The second kappa shape index (κ2) is 5.17. The van der Waals surface area contributed by atoms with E-state index < -0.39 is 0 Å². The first kappa shape index (κ1) is 11.8. The number of hydrazine groups is 1. The summed E-state index contributed by atoms with van der Waals surface area (Å²) in [5.41, 5.74) is 6.16. The van der Waals surface area contributed by atoms with Gasteiger partial charge in [-0.3, -0.25) is 16.3 Å². The first-order chi connectivity index (χ1) is 9.38. The molecule has 5 heteroatoms. The molecule has 19 heavy (non-hydrogen) atoms. The van der Waals surface area contributed by atoms with E-state index in [0.29, 0.717) is 0 Å². The van der Waals surface area contributed by atoms with Gasteiger partial charge in [-0.2, -0.15) is 5.10 Å². The van der Waals surface area contributed by atoms with Gasteiger partial charge in [-0.05, 0) is 30.2 Å². The lowest BCUT2D eigenvalue weighted by Gasteiger charge is -2.14. The summed E-state index contributed by atoms with van der Waals surface area (Å²) in [6, 6.07) is 9.98. The molecular weight excluding hydrogens is 238 g/mol. The molecule has 0 fully saturated rings. The largest absolute Gasteiger partial charge is 0.271 e. The minimum Gasteiger partial charge on any atom is -0.271 e. The molecule has 0 bridgehead atoms. The first-order valence-corrected chi connectivity index (χ1v) is 6.16. The molecule has 0 aliphatic rings. The smallest absolute Gasteiger partial charge is 0.0710 e. The second-order valence-corrected chi connectivity index (χ2v) is 4.42. The standard InChI is InChI=1S/C14H15N5/c15-18-13(8-11-4-3-6-16-9-11)12-10-17-19-7-2-1-5-14(12)19/h1-7,9-10,13,18H,8,15H2. The molecular formula is C14H15N5. The van der Waals surface area contributed by atoms with Crippen molar-refractivity contribution in [1.29, 1.82) is 0 Å². The SMILES string of the molecule is NNC(Cc1cccnc1)c1cnn2ccccc12. The molecule has 0 aliphatic heterocycles. The van der Waals surface area contributed by atoms with Crippen LogP contribution in [-0.2, 0) is 6.42 Å². The normalized spacial score (nSPS) is 12.7. The van der Waals surface area contributed by atoms with Crippen LogP contribution in [0.1, 0.15) is 17.2 Å². The third-order valence-corrected chi connectivity index (χ3v) is 3.20. The van der Waals surface area contributed by atoms with Gasteiger partial charge in [-0.25, -0.2) is 4.52 Å². The topological polar surface area (TPSA) is 68.2 Å². The lowest BCUT2D eigenvalue weighted by Crippen LogP contribution is -2.29. The zero-order valence-electron chi connectivity index (χ0n) is 10.4. The quantitative estimate of drug-likeness (QED) is 0.546. The summed E-state index contributed by atoms with van der Waals surface area (Å²) in [4.78, 5) is 4.13. The van der Waals surface area contributed by atoms with Gasteiger partial charge in [0, 0.05) is 24.2 Å². The fraction of sp³-hybridized carbons (Fsp3) is 0.143. The van der Waals surface area contributed by atoms with Crippen molar-refractivity contribution in [1.82, 2.24) is 20.0 Å². The summed E-state index contributed by atoms with van der Waals surface area (Å²) in [6.07, 6.45) is 8.19. The summed E-state index contributed by atoms with van der Waals surface area (Å²) in [6.45, 7) is 0. The molecule has 0 amide bonds. The van der Waals surface area contributed by atoms with Crippen molar-refractivity contribution in [3.05, 3.63) is 66.2 Å². The van der Waals surface area contributed by atoms with Gasteiger partial charge in [0.05, 0.1) is 17.8 Å². The maximum absolute atomic E-state index is 5.70. The third-order valence-electron chi connectivity index (χ3n) is 3.20. The summed E-state index contributed by atoms with van der Waals surface area (Å²) in [7, 11) is 0. The van der Waals surface area contributed by atoms with Crippen molar-refractivity contribution in [2.75, 3.05) is 0 Å². The van der Waals surface area contributed by atoms with E-state index in [1.807, 2.05) is 53.4 Å². The maximum atomic E-state index is 5.70. The van der Waals surface area contributed by atoms with Crippen LogP contribution in [0.25, 0.3) is 5.52 Å². The average Bonchev–Trinajstić information content (AvgIpc) is 2.90. The molecule has 3 rings (SSSR count). The fourth-order valence-corrected chi connectivity index (χ4v) is 2.24. The number of nitrogens with two attached hydrogens (primary N) is 1. The molecule has 0 spiro atoms. The highest BCUT2D eigenvalue weighted by atomic mass is 15.3. The van der Waals surface area contributed by atoms with E-state index in [9.17, 15) is 0 Å². The summed E-state index contributed by atoms with van der Waals surface area (Å²) < 4.78 is 1.85. The Bertz CT molecular complexity index is 662. The second-order valence-electron chi connectivity index (χ2n) is 4.42. The number of hydrogen-bond acceptors (Lipinski definition) is 4. The Kier molecular flexibility index (Phi) is 3.22. The Morgan fingerprint density at radius 2 is 2.16 bits per heavy atom. The van der Waals surface area contributed by atoms with Gasteiger partial charge in [0.25, 0.3) is 0 Å². The summed E-state index contributed by atoms with van der Waals surface area (Å²) >= 11 is 0. The van der Waals surface area contributed by atoms with Crippen molar-refractivity contribution < 1.29 is 0 Å². The predicted molar refractivity (Wildman–Crippen MR) is 73.2 cm³/mol. The first-order valence-electron chi connectivity index (χ1n) is 6.16. The van der Waals surface area contributed by atoms with Gasteiger partial charge in [-0.1, -0.05) is 12.1 Å². The van der Waals surface area contributed by atoms with Crippen LogP contribution in [0.2, 0.25) is 0 Å². The van der Waals surface area contributed by atoms with Gasteiger partial charge in [-0.15, -0.1) is 0 Å². The molecule has 0 saturated carbocycles. The van der Waals surface area contributed by atoms with Crippen molar-refractivity contribution >= 4 is 5.52 Å². The molecule has 1 atom stereocenters. The number of pyridine rings is 2. The van der Waals surface area contributed by atoms with E-state index in [2.05, 4.69) is 15.5 Å². The molecule has 1 unspecified atom stereocenters. The monoisotopic (exact) mass is 253 g/mol. The van der Waals surface area contributed by atoms with E-state index in [4.69, 9.17) is 5.84 Å². The van der Waals surface area contributed by atoms with Gasteiger partial charge in [0.15, 0.2) is 0 Å². The average molecular weight is 253 g/mol. The van der Waals surface area contributed by atoms with Gasteiger partial charge in [0.1, 0.15) is 0 Å². The minimum absolute atomic E-state index is 0.0177. The highest BCUT2D eigenvalue weighted by Crippen LogP contribution is 2.21. The Labute approximate surface area is 111 Å². The highest BCUT2D eigenvalue weighted by molar-refractivity contribution is 5.55. The van der Waals surface area contributed by atoms with E-state index in [0.717, 1.165) is 23.1 Å². The Morgan fingerprint density at radius 1 is 1.21 bits per heavy atom. The zero-order valence-corrected chi connectivity index (χ0v) is 10.4. The molecule has 0 aromatic carbocycles. The van der Waals surface area contributed by atoms with Gasteiger partial charge >= 0.3 is 0 Å². The fourth-order valence-electron chi connectivity index (χ4n) is 2.24. The number of hydrogen-bond donors (Lipinski definition) is 2. The van der Waals surface area contributed by atoms with Crippen LogP contribution in [0, 0.1) is 0 Å². The van der Waals surface area contributed by atoms with E-state index >= 15 is 0 Å². The van der Waals surface area contributed by atoms with E-state index in [-0.39, 0.29) is 6.04 Å².